The van der Waals surface area contributed by atoms with E-state index in [-0.39, 0.29) is 20.1 Å². The highest BCUT2D eigenvalue weighted by Gasteiger charge is 2.35. The van der Waals surface area contributed by atoms with Crippen LogP contribution < -0.4 is 49.3 Å². The van der Waals surface area contributed by atoms with E-state index in [0.29, 0.717) is 0 Å². The molecule has 0 saturated heterocycles. The Morgan fingerprint density at radius 3 is 1.15 bits per heavy atom. The molecule has 0 aliphatic carbocycles. The van der Waals surface area contributed by atoms with Gasteiger partial charge in [-0.15, -0.1) is 0 Å². The monoisotopic (exact) mass is 1500 g/mol. The molecular weight excluding hydrogens is 1410 g/mol. The Labute approximate surface area is 687 Å². The van der Waals surface area contributed by atoms with E-state index in [2.05, 4.69) is 399 Å². The molecule has 17 aromatic carbocycles. The average Bonchev–Trinajstić information content (AvgIpc) is 0.733. The van der Waals surface area contributed by atoms with Gasteiger partial charge in [-0.2, -0.15) is 0 Å². The van der Waals surface area contributed by atoms with E-state index >= 15 is 0 Å². The number of fused-ring (bicyclic) bond motifs is 15. The van der Waals surface area contributed by atoms with Crippen LogP contribution in [0, 0.1) is 83.1 Å². The fraction of sp³-hybridized carbons (Fsp3) is 0.108. The molecule has 3 nitrogen and oxygen atoms in total. The van der Waals surface area contributed by atoms with Gasteiger partial charge in [0.15, 0.2) is 0 Å². The Bertz CT molecular complexity index is 7390. The van der Waals surface area contributed by atoms with Gasteiger partial charge in [0.05, 0.1) is 27.9 Å². The summed E-state index contributed by atoms with van der Waals surface area (Å²) in [4.78, 5) is 17.0. The zero-order valence-electron chi connectivity index (χ0n) is 68.6. The summed E-state index contributed by atoms with van der Waals surface area (Å²) in [6.45, 7) is 27.4. The van der Waals surface area contributed by atoms with E-state index < -0.39 is 0 Å². The first kappa shape index (κ1) is 72.7. The summed E-state index contributed by atoms with van der Waals surface area (Å²) in [6.07, 6.45) is 0. The van der Waals surface area contributed by atoms with Crippen LogP contribution in [0.25, 0.3) is 142 Å². The Hall–Kier alpha value is -13.3. The molecule has 0 aliphatic rings. The first-order chi connectivity index (χ1) is 57.0. The largest absolute Gasteiger partial charge is 0.267 e. The average molecular weight is 1500 g/mol. The summed E-state index contributed by atoms with van der Waals surface area (Å²) in [5, 5.41) is 18.0. The van der Waals surface area contributed by atoms with Gasteiger partial charge in [0.25, 0.3) is 6.71 Å². The molecule has 20 aromatic rings. The van der Waals surface area contributed by atoms with Gasteiger partial charge in [-0.25, -0.2) is 9.97 Å². The highest BCUT2D eigenvalue weighted by Crippen LogP contribution is 2.42. The van der Waals surface area contributed by atoms with E-state index in [4.69, 9.17) is 15.0 Å². The fourth-order valence-corrected chi connectivity index (χ4v) is 20.7. The van der Waals surface area contributed by atoms with Gasteiger partial charge in [-0.1, -0.05) is 390 Å². The second kappa shape index (κ2) is 28.9. The van der Waals surface area contributed by atoms with Crippen LogP contribution in [-0.4, -0.2) is 35.1 Å². The Morgan fingerprint density at radius 1 is 0.197 bits per heavy atom. The van der Waals surface area contributed by atoms with Crippen molar-refractivity contribution in [1.82, 2.24) is 15.0 Å². The lowest BCUT2D eigenvalue weighted by molar-refractivity contribution is 1.40. The second-order valence-electron chi connectivity index (χ2n) is 33.3. The Morgan fingerprint density at radius 2 is 0.590 bits per heavy atom. The Kier molecular flexibility index (Phi) is 18.0. The summed E-state index contributed by atoms with van der Waals surface area (Å²) >= 11 is 0. The number of hydrogen-bond acceptors (Lipinski definition) is 3. The van der Waals surface area contributed by atoms with Crippen molar-refractivity contribution in [3.63, 3.8) is 0 Å². The molecule has 0 radical (unpaired) electrons. The summed E-state index contributed by atoms with van der Waals surface area (Å²) in [7, 11) is 0. The molecule has 556 valence electrons. The molecule has 20 rings (SSSR count). The van der Waals surface area contributed by atoms with Crippen LogP contribution in [0.4, 0.5) is 0 Å². The van der Waals surface area contributed by atoms with Crippen molar-refractivity contribution in [2.45, 2.75) is 83.1 Å². The molecule has 6 heteroatoms. The highest BCUT2D eigenvalue weighted by atomic mass is 14.7. The van der Waals surface area contributed by atoms with Crippen molar-refractivity contribution in [1.29, 1.82) is 0 Å². The standard InChI is InChI=1S/C111H88B3N3/c1-65-26-21-27-66(2)103(65)112(108-73(9)44-55-87(76(108)12)82-46-45-79-51-58-94-102(95(79)64-82)91-41-18-20-43-98(91)117-111(94)114(105-69(5)30-23-31-70(105)6)106-71(7)32-24-33-72(106)8)85-53-47-80(48-54-85)109-93-57-50-78-35-14-16-39-89(78)101(93)96-63-81(52-59-99(96)116-109)84-60-74(10)107(75(11)61-84)113(104-67(3)28-22-29-68(104)4)86-37-25-36-83(62-86)110-92-56-49-77-34-13-15-38-88(77)100(92)90-40-17-19-42-97(90)115-110/h13-64H,1-12H3. The zero-order chi connectivity index (χ0) is 79.8. The molecule has 0 amide bonds. The molecule has 0 saturated carbocycles. The van der Waals surface area contributed by atoms with Crippen molar-refractivity contribution in [2.24, 2.45) is 0 Å². The molecule has 0 atom stereocenters. The third-order valence-electron chi connectivity index (χ3n) is 26.1. The van der Waals surface area contributed by atoms with Crippen LogP contribution in [0.3, 0.4) is 0 Å². The van der Waals surface area contributed by atoms with Gasteiger partial charge in [-0.05, 0) is 184 Å². The maximum absolute atomic E-state index is 5.75. The van der Waals surface area contributed by atoms with E-state index in [1.807, 2.05) is 0 Å². The first-order valence-corrected chi connectivity index (χ1v) is 41.4. The number of nitrogens with zero attached hydrogens (tertiary/aromatic N) is 3. The SMILES string of the molecule is Cc1cccc(C)c1B(c1cccc(-c2nc3ccccc3c3c2ccc2ccccc23)c1)c1c(C)cc(-c2ccc3nc(-c4ccc(B(c5c(C)cccc5C)c5c(C)ccc(-c6ccc7ccc8c(B(c9c(C)cccc9C)c9c(C)cccc9C)nc9ccccc9c8c7c6)c5C)cc4)c4ccc5ccccc5c4c3c2)cc1C. The number of hydrogen-bond donors (Lipinski definition) is 0. The van der Waals surface area contributed by atoms with Crippen LogP contribution in [0.5, 0.6) is 0 Å². The van der Waals surface area contributed by atoms with Crippen molar-refractivity contribution >= 4 is 167 Å². The minimum Gasteiger partial charge on any atom is -0.261 e. The van der Waals surface area contributed by atoms with Crippen molar-refractivity contribution < 1.29 is 0 Å². The third-order valence-corrected chi connectivity index (χ3v) is 26.1. The summed E-state index contributed by atoms with van der Waals surface area (Å²) in [5.74, 6) is 0. The molecule has 0 fully saturated rings. The molecule has 117 heavy (non-hydrogen) atoms. The lowest BCUT2D eigenvalue weighted by Crippen LogP contribution is -2.57. The second-order valence-corrected chi connectivity index (χ2v) is 33.3. The number of para-hydroxylation sites is 2. The minimum absolute atomic E-state index is 0.0457. The molecule has 0 bridgehead atoms. The third kappa shape index (κ3) is 12.2. The van der Waals surface area contributed by atoms with Crippen LogP contribution >= 0.6 is 0 Å². The molecular formula is C111H88B3N3. The highest BCUT2D eigenvalue weighted by molar-refractivity contribution is 6.98. The number of aryl methyl sites for hydroxylation is 11. The van der Waals surface area contributed by atoms with Crippen LogP contribution in [0.15, 0.2) is 315 Å². The fourth-order valence-electron chi connectivity index (χ4n) is 20.7. The minimum atomic E-state index is -0.0842. The zero-order valence-corrected chi connectivity index (χ0v) is 68.6. The van der Waals surface area contributed by atoms with E-state index in [1.165, 1.54) is 186 Å². The molecule has 0 spiro atoms. The lowest BCUT2D eigenvalue weighted by Gasteiger charge is -2.26. The summed E-state index contributed by atoms with van der Waals surface area (Å²) < 4.78 is 0. The van der Waals surface area contributed by atoms with Gasteiger partial charge >= 0.3 is 0 Å². The van der Waals surface area contributed by atoms with Crippen molar-refractivity contribution in [3.8, 4) is 44.8 Å². The predicted molar refractivity (Wildman–Crippen MR) is 509 cm³/mol. The van der Waals surface area contributed by atoms with Gasteiger partial charge < -0.3 is 0 Å². The maximum atomic E-state index is 5.75. The smallest absolute Gasteiger partial charge is 0.261 e. The van der Waals surface area contributed by atoms with Crippen molar-refractivity contribution in [2.75, 3.05) is 0 Å². The van der Waals surface area contributed by atoms with E-state index in [0.717, 1.165) is 71.8 Å². The molecule has 3 aromatic heterocycles. The number of benzene rings is 17. The normalized spacial score (nSPS) is 11.8. The van der Waals surface area contributed by atoms with Crippen LogP contribution in [-0.2, 0) is 0 Å². The quantitative estimate of drug-likeness (QED) is 0.0853. The molecule has 0 aliphatic heterocycles. The first-order valence-electron chi connectivity index (χ1n) is 41.4. The summed E-state index contributed by atoms with van der Waals surface area (Å²) in [5.41, 5.74) is 38.7. The number of aromatic nitrogens is 3. The number of rotatable bonds is 13. The molecule has 0 unspecified atom stereocenters. The lowest BCUT2D eigenvalue weighted by atomic mass is 9.34. The Balaban J connectivity index is 0.688. The van der Waals surface area contributed by atoms with Crippen molar-refractivity contribution in [3.05, 3.63) is 382 Å². The van der Waals surface area contributed by atoms with E-state index in [9.17, 15) is 0 Å². The predicted octanol–water partition coefficient (Wildman–Crippen LogP) is 22.2. The molecule has 0 N–H and O–H groups in total. The topological polar surface area (TPSA) is 38.7 Å². The maximum Gasteiger partial charge on any atom is 0.267 e. The van der Waals surface area contributed by atoms with E-state index in [1.54, 1.807) is 0 Å². The summed E-state index contributed by atoms with van der Waals surface area (Å²) in [6, 6.07) is 118. The van der Waals surface area contributed by atoms with Gasteiger partial charge in [0, 0.05) is 54.4 Å². The van der Waals surface area contributed by atoms with Crippen LogP contribution in [0.1, 0.15) is 66.8 Å². The van der Waals surface area contributed by atoms with Gasteiger partial charge in [-0.3, -0.25) is 4.98 Å². The number of pyridine rings is 3. The van der Waals surface area contributed by atoms with Crippen LogP contribution in [0.2, 0.25) is 0 Å². The molecule has 3 heterocycles. The van der Waals surface area contributed by atoms with Gasteiger partial charge in [0.2, 0.25) is 13.4 Å². The van der Waals surface area contributed by atoms with Gasteiger partial charge in [0.1, 0.15) is 0 Å².